The van der Waals surface area contributed by atoms with Gasteiger partial charge in [0.1, 0.15) is 5.82 Å². The van der Waals surface area contributed by atoms with Crippen LogP contribution < -0.4 is 10.5 Å². The van der Waals surface area contributed by atoms with Gasteiger partial charge in [-0.2, -0.15) is 0 Å². The van der Waals surface area contributed by atoms with Crippen LogP contribution in [0.15, 0.2) is 47.3 Å². The lowest BCUT2D eigenvalue weighted by atomic mass is 9.80. The molecule has 0 amide bonds. The van der Waals surface area contributed by atoms with E-state index in [1.54, 1.807) is 6.07 Å². The molecule has 1 atom stereocenters. The lowest BCUT2D eigenvalue weighted by molar-refractivity contribution is 0.395. The first kappa shape index (κ1) is 15.9. The lowest BCUT2D eigenvalue weighted by Crippen LogP contribution is -2.45. The molecule has 3 aromatic rings. The van der Waals surface area contributed by atoms with Gasteiger partial charge in [-0.15, -0.1) is 0 Å². The van der Waals surface area contributed by atoms with Gasteiger partial charge in [0.15, 0.2) is 0 Å². The van der Waals surface area contributed by atoms with Crippen molar-refractivity contribution in [3.63, 3.8) is 0 Å². The zero-order valence-electron chi connectivity index (χ0n) is 15.1. The van der Waals surface area contributed by atoms with Gasteiger partial charge in [-0.05, 0) is 62.1 Å². The van der Waals surface area contributed by atoms with E-state index < -0.39 is 0 Å². The van der Waals surface area contributed by atoms with Crippen molar-refractivity contribution in [1.29, 1.82) is 0 Å². The highest BCUT2D eigenvalue weighted by molar-refractivity contribution is 5.79. The van der Waals surface area contributed by atoms with Crippen LogP contribution in [0.2, 0.25) is 0 Å². The summed E-state index contributed by atoms with van der Waals surface area (Å²) in [5.74, 6) is 1.10. The van der Waals surface area contributed by atoms with Crippen molar-refractivity contribution >= 4 is 16.6 Å². The predicted octanol–water partition coefficient (Wildman–Crippen LogP) is 4.31. The van der Waals surface area contributed by atoms with E-state index in [4.69, 9.17) is 0 Å². The first-order chi connectivity index (χ1) is 11.9. The molecular weight excluding hydrogens is 310 g/mol. The Hall–Kier alpha value is -2.62. The summed E-state index contributed by atoms with van der Waals surface area (Å²) in [6, 6.07) is 13.8. The van der Waals surface area contributed by atoms with E-state index in [1.165, 1.54) is 11.3 Å². The fourth-order valence-electron chi connectivity index (χ4n) is 3.95. The predicted molar refractivity (Wildman–Crippen MR) is 103 cm³/mol. The Bertz CT molecular complexity index is 1020. The number of anilines is 1. The van der Waals surface area contributed by atoms with Crippen molar-refractivity contribution in [2.75, 3.05) is 11.9 Å². The summed E-state index contributed by atoms with van der Waals surface area (Å²) in [5.41, 5.74) is 4.31. The zero-order valence-corrected chi connectivity index (χ0v) is 15.1. The van der Waals surface area contributed by atoms with E-state index in [-0.39, 0.29) is 11.1 Å². The van der Waals surface area contributed by atoms with Gasteiger partial charge in [-0.25, -0.2) is 4.98 Å². The summed E-state index contributed by atoms with van der Waals surface area (Å²) in [7, 11) is 2.15. The van der Waals surface area contributed by atoms with Gasteiger partial charge < -0.3 is 9.88 Å². The van der Waals surface area contributed by atoms with Gasteiger partial charge in [0, 0.05) is 23.8 Å². The maximum absolute atomic E-state index is 12.4. The Morgan fingerprint density at radius 2 is 1.96 bits per heavy atom. The number of rotatable bonds is 1. The van der Waals surface area contributed by atoms with E-state index in [1.807, 2.05) is 18.2 Å². The summed E-state index contributed by atoms with van der Waals surface area (Å²) in [6.45, 7) is 6.83. The second kappa shape index (κ2) is 5.45. The van der Waals surface area contributed by atoms with Crippen molar-refractivity contribution in [3.05, 3.63) is 58.4 Å². The molecule has 4 nitrogen and oxygen atoms in total. The van der Waals surface area contributed by atoms with Crippen LogP contribution in [0.4, 0.5) is 5.69 Å². The second-order valence-corrected chi connectivity index (χ2v) is 7.68. The average Bonchev–Trinajstić information content (AvgIpc) is 2.59. The summed E-state index contributed by atoms with van der Waals surface area (Å²) in [5, 5.41) is 0.624. The number of H-pyrrole nitrogens is 1. The summed E-state index contributed by atoms with van der Waals surface area (Å²) < 4.78 is 0. The smallest absolute Gasteiger partial charge is 0.259 e. The third kappa shape index (κ3) is 2.53. The van der Waals surface area contributed by atoms with Crippen molar-refractivity contribution in [3.8, 4) is 11.4 Å². The highest BCUT2D eigenvalue weighted by Gasteiger charge is 2.34. The Kier molecular flexibility index (Phi) is 3.46. The van der Waals surface area contributed by atoms with Gasteiger partial charge in [-0.3, -0.25) is 4.79 Å². The Morgan fingerprint density at radius 3 is 2.76 bits per heavy atom. The number of nitrogens with zero attached hydrogens (tertiary/aromatic N) is 2. The molecule has 0 saturated heterocycles. The molecule has 25 heavy (non-hydrogen) atoms. The van der Waals surface area contributed by atoms with Crippen LogP contribution in [0, 0.1) is 0 Å². The van der Waals surface area contributed by atoms with Crippen LogP contribution in [0.5, 0.6) is 0 Å². The van der Waals surface area contributed by atoms with Crippen molar-refractivity contribution < 1.29 is 0 Å². The van der Waals surface area contributed by atoms with Crippen molar-refractivity contribution in [2.45, 2.75) is 38.6 Å². The van der Waals surface area contributed by atoms with Crippen LogP contribution in [0.25, 0.3) is 22.3 Å². The van der Waals surface area contributed by atoms with Crippen LogP contribution in [-0.4, -0.2) is 22.6 Å². The monoisotopic (exact) mass is 333 g/mol. The Balaban J connectivity index is 1.86. The summed E-state index contributed by atoms with van der Waals surface area (Å²) in [6.07, 6.45) is 1.10. The molecule has 0 bridgehead atoms. The van der Waals surface area contributed by atoms with Crippen LogP contribution in [0.1, 0.15) is 38.7 Å². The third-order valence-corrected chi connectivity index (χ3v) is 5.52. The normalized spacial score (nSPS) is 19.0. The molecule has 2 aromatic carbocycles. The number of fused-ring (bicyclic) bond motifs is 2. The van der Waals surface area contributed by atoms with Gasteiger partial charge in [0.25, 0.3) is 5.56 Å². The third-order valence-electron chi connectivity index (χ3n) is 5.52. The van der Waals surface area contributed by atoms with Gasteiger partial charge >= 0.3 is 0 Å². The second-order valence-electron chi connectivity index (χ2n) is 7.68. The first-order valence-corrected chi connectivity index (χ1v) is 8.74. The topological polar surface area (TPSA) is 49.0 Å². The van der Waals surface area contributed by atoms with Crippen molar-refractivity contribution in [1.82, 2.24) is 9.97 Å². The molecule has 0 radical (unpaired) electrons. The molecule has 0 spiro atoms. The minimum atomic E-state index is -0.0929. The number of aromatic nitrogens is 2. The maximum atomic E-state index is 12.4. The number of para-hydroxylation sites is 1. The van der Waals surface area contributed by atoms with Gasteiger partial charge in [0.2, 0.25) is 0 Å². The molecular formula is C21H23N3O. The minimum absolute atomic E-state index is 0.0929. The number of benzene rings is 2. The fourth-order valence-corrected chi connectivity index (χ4v) is 3.95. The fraction of sp³-hybridized carbons (Fsp3) is 0.333. The molecule has 2 heterocycles. The standard InChI is InChI=1S/C21H23N3O/c1-13-12-21(2,3)24(4)18-10-9-14(11-16(13)18)19-22-17-8-6-5-7-15(17)20(25)23-19/h5-11,13H,12H2,1-4H3,(H,22,23,25). The number of aromatic amines is 1. The van der Waals surface area contributed by atoms with E-state index in [0.717, 1.165) is 17.5 Å². The van der Waals surface area contributed by atoms with E-state index >= 15 is 0 Å². The summed E-state index contributed by atoms with van der Waals surface area (Å²) in [4.78, 5) is 22.3. The van der Waals surface area contributed by atoms with Crippen LogP contribution >= 0.6 is 0 Å². The number of nitrogens with one attached hydrogen (secondary N) is 1. The SMILES string of the molecule is CC1CC(C)(C)N(C)c2ccc(-c3nc4ccccc4c(=O)[nH]3)cc21. The average molecular weight is 333 g/mol. The molecule has 0 fully saturated rings. The molecule has 0 saturated carbocycles. The highest BCUT2D eigenvalue weighted by Crippen LogP contribution is 2.43. The molecule has 1 aliphatic heterocycles. The van der Waals surface area contributed by atoms with E-state index in [9.17, 15) is 4.79 Å². The molecule has 1 aromatic heterocycles. The zero-order chi connectivity index (χ0) is 17.8. The Labute approximate surface area is 147 Å². The molecule has 4 heteroatoms. The molecule has 128 valence electrons. The maximum Gasteiger partial charge on any atom is 0.259 e. The van der Waals surface area contributed by atoms with Crippen LogP contribution in [-0.2, 0) is 0 Å². The minimum Gasteiger partial charge on any atom is -0.369 e. The van der Waals surface area contributed by atoms with Crippen LogP contribution in [0.3, 0.4) is 0 Å². The molecule has 1 unspecified atom stereocenters. The van der Waals surface area contributed by atoms with E-state index in [0.29, 0.717) is 17.1 Å². The summed E-state index contributed by atoms with van der Waals surface area (Å²) >= 11 is 0. The Morgan fingerprint density at radius 1 is 1.20 bits per heavy atom. The first-order valence-electron chi connectivity index (χ1n) is 8.74. The van der Waals surface area contributed by atoms with E-state index in [2.05, 4.69) is 60.9 Å². The van der Waals surface area contributed by atoms with Gasteiger partial charge in [-0.1, -0.05) is 19.1 Å². The number of hydrogen-bond acceptors (Lipinski definition) is 3. The quantitative estimate of drug-likeness (QED) is 0.722. The largest absolute Gasteiger partial charge is 0.369 e. The molecule has 1 N–H and O–H groups in total. The highest BCUT2D eigenvalue weighted by atomic mass is 16.1. The lowest BCUT2D eigenvalue weighted by Gasteiger charge is -2.45. The molecule has 4 rings (SSSR count). The van der Waals surface area contributed by atoms with Crippen molar-refractivity contribution in [2.24, 2.45) is 0 Å². The molecule has 1 aliphatic rings. The molecule has 0 aliphatic carbocycles. The van der Waals surface area contributed by atoms with Gasteiger partial charge in [0.05, 0.1) is 10.9 Å². The number of hydrogen-bond donors (Lipinski definition) is 1.